The fourth-order valence-corrected chi connectivity index (χ4v) is 5.60. The number of β-amino-alcohol motifs (C(OH)–C–C–N with tert-alkyl or cyclic N) is 1. The van der Waals surface area contributed by atoms with Crippen LogP contribution in [0.5, 0.6) is 5.75 Å². The number of aliphatic hydroxyl groups is 1. The lowest BCUT2D eigenvalue weighted by atomic mass is 10.0. The molecule has 4 rings (SSSR count). The van der Waals surface area contributed by atoms with Crippen molar-refractivity contribution in [3.05, 3.63) is 63.3 Å². The number of H-pyrrole nitrogens is 1. The first kappa shape index (κ1) is 27.8. The van der Waals surface area contributed by atoms with Gasteiger partial charge in [-0.3, -0.25) is 19.3 Å². The fraction of sp³-hybridized carbons (Fsp3) is 0.464. The predicted molar refractivity (Wildman–Crippen MR) is 149 cm³/mol. The number of nitrogens with one attached hydrogen (secondary N) is 1. The minimum Gasteiger partial charge on any atom is -0.484 e. The number of thiazole rings is 1. The second-order valence-corrected chi connectivity index (χ2v) is 10.7. The van der Waals surface area contributed by atoms with Gasteiger partial charge < -0.3 is 24.6 Å². The zero-order valence-electron chi connectivity index (χ0n) is 22.2. The van der Waals surface area contributed by atoms with Crippen LogP contribution in [-0.2, 0) is 16.0 Å². The van der Waals surface area contributed by atoms with Gasteiger partial charge >= 0.3 is 4.87 Å². The molecule has 0 bridgehead atoms. The monoisotopic (exact) mass is 540 g/mol. The fourth-order valence-electron chi connectivity index (χ4n) is 4.88. The molecule has 2 aromatic carbocycles. The molecule has 2 heterocycles. The van der Waals surface area contributed by atoms with E-state index in [0.29, 0.717) is 38.3 Å². The molecule has 3 aromatic rings. The second kappa shape index (κ2) is 12.6. The van der Waals surface area contributed by atoms with Crippen LogP contribution in [0, 0.1) is 0 Å². The highest BCUT2D eigenvalue weighted by Gasteiger charge is 2.28. The number of rotatable bonds is 11. The summed E-state index contributed by atoms with van der Waals surface area (Å²) in [5.74, 6) is 0.441. The molecule has 0 saturated carbocycles. The Hall–Kier alpha value is -3.21. The molecule has 0 radical (unpaired) electrons. The molecule has 2 amide bonds. The molecule has 1 fully saturated rings. The van der Waals surface area contributed by atoms with E-state index in [2.05, 4.69) is 9.88 Å². The Labute approximate surface area is 226 Å². The first-order valence-electron chi connectivity index (χ1n) is 13.1. The Morgan fingerprint density at radius 2 is 1.97 bits per heavy atom. The van der Waals surface area contributed by atoms with Gasteiger partial charge in [-0.1, -0.05) is 29.5 Å². The molecule has 0 aliphatic carbocycles. The van der Waals surface area contributed by atoms with Crippen LogP contribution in [0.2, 0.25) is 0 Å². The predicted octanol–water partition coefficient (Wildman–Crippen LogP) is 2.65. The quantitative estimate of drug-likeness (QED) is 0.387. The van der Waals surface area contributed by atoms with Crippen LogP contribution in [0.1, 0.15) is 37.4 Å². The van der Waals surface area contributed by atoms with E-state index >= 15 is 0 Å². The summed E-state index contributed by atoms with van der Waals surface area (Å²) < 4.78 is 6.70. The molecule has 1 aromatic heterocycles. The van der Waals surface area contributed by atoms with Gasteiger partial charge in [0.1, 0.15) is 5.75 Å². The maximum absolute atomic E-state index is 13.5. The third-order valence-corrected chi connectivity index (χ3v) is 7.96. The number of hydrogen-bond acceptors (Lipinski definition) is 7. The summed E-state index contributed by atoms with van der Waals surface area (Å²) >= 11 is 1.15. The van der Waals surface area contributed by atoms with E-state index in [1.807, 2.05) is 56.3 Å². The van der Waals surface area contributed by atoms with Crippen LogP contribution < -0.4 is 9.61 Å². The SMILES string of the molecule is CCN(CC)C(=O)COc1cccc([C@@H](CN2CCC(O)C2)N(C)C(=O)Cc2ccc3sc(=O)[nH]c3c2)c1. The van der Waals surface area contributed by atoms with Gasteiger partial charge in [-0.25, -0.2) is 0 Å². The van der Waals surface area contributed by atoms with Crippen molar-refractivity contribution in [3.63, 3.8) is 0 Å². The lowest BCUT2D eigenvalue weighted by Gasteiger charge is -2.32. The number of fused-ring (bicyclic) bond motifs is 1. The van der Waals surface area contributed by atoms with E-state index in [1.54, 1.807) is 16.8 Å². The van der Waals surface area contributed by atoms with E-state index in [1.165, 1.54) is 0 Å². The molecule has 2 N–H and O–H groups in total. The van der Waals surface area contributed by atoms with Crippen molar-refractivity contribution in [2.24, 2.45) is 0 Å². The average Bonchev–Trinajstić information content (AvgIpc) is 3.49. The molecule has 1 unspecified atom stereocenters. The molecule has 1 aliphatic heterocycles. The molecule has 10 heteroatoms. The van der Waals surface area contributed by atoms with Gasteiger partial charge in [0.15, 0.2) is 6.61 Å². The molecule has 2 atom stereocenters. The van der Waals surface area contributed by atoms with Gasteiger partial charge in [0.2, 0.25) is 5.91 Å². The smallest absolute Gasteiger partial charge is 0.305 e. The van der Waals surface area contributed by atoms with Crippen LogP contribution in [0.4, 0.5) is 0 Å². The number of benzene rings is 2. The maximum Gasteiger partial charge on any atom is 0.305 e. The summed E-state index contributed by atoms with van der Waals surface area (Å²) in [7, 11) is 1.79. The van der Waals surface area contributed by atoms with Gasteiger partial charge in [-0.05, 0) is 55.7 Å². The first-order chi connectivity index (χ1) is 18.3. The second-order valence-electron chi connectivity index (χ2n) is 9.67. The van der Waals surface area contributed by atoms with Crippen molar-refractivity contribution in [2.75, 3.05) is 46.4 Å². The summed E-state index contributed by atoms with van der Waals surface area (Å²) in [6.45, 7) is 6.98. The highest BCUT2D eigenvalue weighted by atomic mass is 32.1. The van der Waals surface area contributed by atoms with Crippen LogP contribution in [0.15, 0.2) is 47.3 Å². The number of hydrogen-bond donors (Lipinski definition) is 2. The van der Waals surface area contributed by atoms with Crippen molar-refractivity contribution in [1.82, 2.24) is 19.7 Å². The summed E-state index contributed by atoms with van der Waals surface area (Å²) in [6, 6.07) is 12.9. The minimum atomic E-state index is -0.364. The number of likely N-dealkylation sites (tertiary alicyclic amines) is 1. The van der Waals surface area contributed by atoms with Crippen molar-refractivity contribution in [1.29, 1.82) is 0 Å². The number of aliphatic hydroxyl groups excluding tert-OH is 1. The molecule has 9 nitrogen and oxygen atoms in total. The van der Waals surface area contributed by atoms with Crippen LogP contribution in [0.25, 0.3) is 10.2 Å². The molecular weight excluding hydrogens is 504 g/mol. The van der Waals surface area contributed by atoms with Crippen LogP contribution >= 0.6 is 11.3 Å². The topological polar surface area (TPSA) is 106 Å². The van der Waals surface area contributed by atoms with E-state index in [4.69, 9.17) is 4.74 Å². The average molecular weight is 541 g/mol. The molecule has 1 saturated heterocycles. The van der Waals surface area contributed by atoms with Gasteiger partial charge in [0, 0.05) is 39.8 Å². The number of aromatic nitrogens is 1. The zero-order chi connectivity index (χ0) is 27.2. The summed E-state index contributed by atoms with van der Waals surface area (Å²) in [5.41, 5.74) is 2.46. The Kier molecular flexibility index (Phi) is 9.19. The Morgan fingerprint density at radius 1 is 1.18 bits per heavy atom. The van der Waals surface area contributed by atoms with Crippen LogP contribution in [0.3, 0.4) is 0 Å². The lowest BCUT2D eigenvalue weighted by Crippen LogP contribution is -2.39. The van der Waals surface area contributed by atoms with Crippen molar-refractivity contribution in [3.8, 4) is 5.75 Å². The Bertz CT molecular complexity index is 1320. The minimum absolute atomic E-state index is 0.0456. The standard InChI is InChI=1S/C28H36N4O5S/c1-4-32(5-2)27(35)18-37-22-8-6-7-20(15-22)24(17-31-12-11-21(33)16-31)30(3)26(34)14-19-9-10-25-23(13-19)29-28(36)38-25/h6-10,13,15,21,24,33H,4-5,11-12,14,16-18H2,1-3H3,(H,29,36)/t21?,24-/m1/s1. The van der Waals surface area contributed by atoms with E-state index in [-0.39, 0.29) is 41.9 Å². The largest absolute Gasteiger partial charge is 0.484 e. The number of amides is 2. The van der Waals surface area contributed by atoms with Crippen molar-refractivity contribution >= 4 is 33.4 Å². The van der Waals surface area contributed by atoms with Gasteiger partial charge in [-0.15, -0.1) is 0 Å². The molecule has 0 spiro atoms. The molecular formula is C28H36N4O5S. The maximum atomic E-state index is 13.5. The van der Waals surface area contributed by atoms with Crippen molar-refractivity contribution < 1.29 is 19.4 Å². The zero-order valence-corrected chi connectivity index (χ0v) is 23.0. The normalized spacial score (nSPS) is 16.5. The van der Waals surface area contributed by atoms with E-state index in [0.717, 1.165) is 39.2 Å². The molecule has 38 heavy (non-hydrogen) atoms. The number of carbonyl (C=O) groups is 2. The summed E-state index contributed by atoms with van der Waals surface area (Å²) in [5, 5.41) is 10.1. The third-order valence-electron chi connectivity index (χ3n) is 7.10. The Morgan fingerprint density at radius 3 is 2.68 bits per heavy atom. The molecule has 1 aliphatic rings. The summed E-state index contributed by atoms with van der Waals surface area (Å²) in [6.07, 6.45) is 0.537. The molecule has 204 valence electrons. The number of nitrogens with zero attached hydrogens (tertiary/aromatic N) is 3. The third kappa shape index (κ3) is 6.80. The van der Waals surface area contributed by atoms with E-state index in [9.17, 15) is 19.5 Å². The van der Waals surface area contributed by atoms with Crippen molar-refractivity contribution in [2.45, 2.75) is 38.8 Å². The first-order valence-corrected chi connectivity index (χ1v) is 13.9. The van der Waals surface area contributed by atoms with E-state index < -0.39 is 0 Å². The number of likely N-dealkylation sites (N-methyl/N-ethyl adjacent to an activating group) is 2. The van der Waals surface area contributed by atoms with Gasteiger partial charge in [0.05, 0.1) is 28.8 Å². The number of ether oxygens (including phenoxy) is 1. The number of aromatic amines is 1. The Balaban J connectivity index is 1.52. The van der Waals surface area contributed by atoms with Gasteiger partial charge in [0.25, 0.3) is 5.91 Å². The van der Waals surface area contributed by atoms with Gasteiger partial charge in [-0.2, -0.15) is 0 Å². The lowest BCUT2D eigenvalue weighted by molar-refractivity contribution is -0.133. The van der Waals surface area contributed by atoms with Crippen LogP contribution in [-0.4, -0.2) is 89.1 Å². The summed E-state index contributed by atoms with van der Waals surface area (Å²) in [4.78, 5) is 45.9. The number of carbonyl (C=O) groups excluding carboxylic acids is 2. The highest BCUT2D eigenvalue weighted by Crippen LogP contribution is 2.27. The highest BCUT2D eigenvalue weighted by molar-refractivity contribution is 7.16.